The first-order valence-electron chi connectivity index (χ1n) is 5.08. The molecule has 1 aliphatic heterocycles. The van der Waals surface area contributed by atoms with E-state index in [0.717, 1.165) is 0 Å². The van der Waals surface area contributed by atoms with Crippen LogP contribution in [0, 0.1) is 0 Å². The van der Waals surface area contributed by atoms with Gasteiger partial charge < -0.3 is 19.9 Å². The first-order valence-corrected chi connectivity index (χ1v) is 5.08. The average Bonchev–Trinajstić information content (AvgIpc) is 2.35. The van der Waals surface area contributed by atoms with Crippen molar-refractivity contribution in [3.63, 3.8) is 0 Å². The van der Waals surface area contributed by atoms with Crippen LogP contribution in [0.4, 0.5) is 0 Å². The summed E-state index contributed by atoms with van der Waals surface area (Å²) in [4.78, 5) is 11.5. The van der Waals surface area contributed by atoms with Gasteiger partial charge >= 0.3 is 0 Å². The van der Waals surface area contributed by atoms with Gasteiger partial charge in [0.2, 0.25) is 6.10 Å². The molecule has 1 heterocycles. The molecule has 86 valence electrons. The molecule has 0 saturated carbocycles. The molecular weight excluding hydrogens is 210 g/mol. The number of hydrogen-bond donors (Lipinski definition) is 2. The Balaban J connectivity index is 1.99. The SMILES string of the molecule is O=C(NCCO)C1COc2ccccc2O1. The molecule has 0 saturated heterocycles. The number of ether oxygens (including phenoxy) is 2. The number of carbonyl (C=O) groups is 1. The molecule has 2 rings (SSSR count). The number of aliphatic hydroxyl groups excluding tert-OH is 1. The van der Waals surface area contributed by atoms with Crippen LogP contribution < -0.4 is 14.8 Å². The first-order chi connectivity index (χ1) is 7.81. The van der Waals surface area contributed by atoms with Crippen molar-refractivity contribution in [3.8, 4) is 11.5 Å². The Labute approximate surface area is 93.0 Å². The number of nitrogens with one attached hydrogen (secondary N) is 1. The van der Waals surface area contributed by atoms with Gasteiger partial charge in [-0.3, -0.25) is 4.79 Å². The van der Waals surface area contributed by atoms with E-state index in [1.54, 1.807) is 12.1 Å². The molecule has 0 radical (unpaired) electrons. The van der Waals surface area contributed by atoms with E-state index in [1.165, 1.54) is 0 Å². The van der Waals surface area contributed by atoms with Gasteiger partial charge in [0.05, 0.1) is 6.61 Å². The second-order valence-corrected chi connectivity index (χ2v) is 3.38. The zero-order valence-corrected chi connectivity index (χ0v) is 8.68. The molecule has 16 heavy (non-hydrogen) atoms. The third-order valence-corrected chi connectivity index (χ3v) is 2.21. The lowest BCUT2D eigenvalue weighted by Gasteiger charge is -2.25. The number of amides is 1. The molecule has 1 atom stereocenters. The van der Waals surface area contributed by atoms with E-state index in [1.807, 2.05) is 12.1 Å². The fourth-order valence-electron chi connectivity index (χ4n) is 1.44. The smallest absolute Gasteiger partial charge is 0.264 e. The lowest BCUT2D eigenvalue weighted by atomic mass is 10.2. The van der Waals surface area contributed by atoms with Crippen molar-refractivity contribution in [1.29, 1.82) is 0 Å². The summed E-state index contributed by atoms with van der Waals surface area (Å²) in [5, 5.41) is 11.1. The molecule has 5 nitrogen and oxygen atoms in total. The van der Waals surface area contributed by atoms with Crippen LogP contribution >= 0.6 is 0 Å². The lowest BCUT2D eigenvalue weighted by molar-refractivity contribution is -0.130. The summed E-state index contributed by atoms with van der Waals surface area (Å²) >= 11 is 0. The van der Waals surface area contributed by atoms with Gasteiger partial charge in [-0.2, -0.15) is 0 Å². The Morgan fingerprint density at radius 3 is 2.94 bits per heavy atom. The highest BCUT2D eigenvalue weighted by Gasteiger charge is 2.26. The quantitative estimate of drug-likeness (QED) is 0.753. The van der Waals surface area contributed by atoms with E-state index in [0.29, 0.717) is 11.5 Å². The number of rotatable bonds is 3. The van der Waals surface area contributed by atoms with Crippen LogP contribution in [0.5, 0.6) is 11.5 Å². The predicted molar refractivity (Wildman–Crippen MR) is 56.4 cm³/mol. The highest BCUT2D eigenvalue weighted by atomic mass is 16.6. The normalized spacial score (nSPS) is 17.9. The summed E-state index contributed by atoms with van der Waals surface area (Å²) in [5.41, 5.74) is 0. The van der Waals surface area contributed by atoms with Crippen molar-refractivity contribution in [1.82, 2.24) is 5.32 Å². The molecule has 0 bridgehead atoms. The zero-order chi connectivity index (χ0) is 11.4. The molecule has 1 aliphatic rings. The fraction of sp³-hybridized carbons (Fsp3) is 0.364. The molecule has 1 aromatic rings. The molecular formula is C11H13NO4. The van der Waals surface area contributed by atoms with Gasteiger partial charge in [-0.1, -0.05) is 12.1 Å². The van der Waals surface area contributed by atoms with Crippen molar-refractivity contribution in [2.45, 2.75) is 6.10 Å². The maximum Gasteiger partial charge on any atom is 0.264 e. The summed E-state index contributed by atoms with van der Waals surface area (Å²) in [7, 11) is 0. The van der Waals surface area contributed by atoms with Gasteiger partial charge in [-0.25, -0.2) is 0 Å². The summed E-state index contributed by atoms with van der Waals surface area (Å²) in [6.45, 7) is 0.324. The van der Waals surface area contributed by atoms with Gasteiger partial charge in [-0.05, 0) is 12.1 Å². The average molecular weight is 223 g/mol. The van der Waals surface area contributed by atoms with Crippen LogP contribution in [0.15, 0.2) is 24.3 Å². The van der Waals surface area contributed by atoms with Crippen molar-refractivity contribution >= 4 is 5.91 Å². The van der Waals surface area contributed by atoms with E-state index in [-0.39, 0.29) is 25.7 Å². The Bertz CT molecular complexity index is 380. The molecule has 5 heteroatoms. The van der Waals surface area contributed by atoms with Crippen molar-refractivity contribution in [3.05, 3.63) is 24.3 Å². The van der Waals surface area contributed by atoms with E-state index < -0.39 is 6.10 Å². The first kappa shape index (κ1) is 10.8. The van der Waals surface area contributed by atoms with Crippen molar-refractivity contribution in [2.24, 2.45) is 0 Å². The van der Waals surface area contributed by atoms with Gasteiger partial charge in [0.15, 0.2) is 11.5 Å². The maximum absolute atomic E-state index is 11.5. The molecule has 1 aromatic carbocycles. The van der Waals surface area contributed by atoms with Gasteiger partial charge in [0.1, 0.15) is 6.61 Å². The number of aliphatic hydroxyl groups is 1. The van der Waals surface area contributed by atoms with Crippen LogP contribution in [-0.4, -0.2) is 36.9 Å². The summed E-state index contributed by atoms with van der Waals surface area (Å²) in [6.07, 6.45) is -0.651. The second-order valence-electron chi connectivity index (χ2n) is 3.38. The molecule has 0 aromatic heterocycles. The molecule has 1 unspecified atom stereocenters. The third kappa shape index (κ3) is 2.25. The lowest BCUT2D eigenvalue weighted by Crippen LogP contribution is -2.44. The van der Waals surface area contributed by atoms with E-state index in [4.69, 9.17) is 14.6 Å². The van der Waals surface area contributed by atoms with Gasteiger partial charge in [0.25, 0.3) is 5.91 Å². The van der Waals surface area contributed by atoms with Crippen LogP contribution in [0.25, 0.3) is 0 Å². The number of para-hydroxylation sites is 2. The standard InChI is InChI=1S/C11H13NO4/c13-6-5-12-11(14)10-7-15-8-3-1-2-4-9(8)16-10/h1-4,10,13H,5-7H2,(H,12,14). The largest absolute Gasteiger partial charge is 0.485 e. The molecule has 0 aliphatic carbocycles. The predicted octanol–water partition coefficient (Wildman–Crippen LogP) is -0.0651. The second kappa shape index (κ2) is 4.85. The van der Waals surface area contributed by atoms with E-state index in [9.17, 15) is 4.79 Å². The van der Waals surface area contributed by atoms with E-state index in [2.05, 4.69) is 5.32 Å². The van der Waals surface area contributed by atoms with Crippen LogP contribution in [-0.2, 0) is 4.79 Å². The van der Waals surface area contributed by atoms with Crippen LogP contribution in [0.2, 0.25) is 0 Å². The minimum absolute atomic E-state index is 0.0874. The minimum Gasteiger partial charge on any atom is -0.485 e. The summed E-state index contributed by atoms with van der Waals surface area (Å²) in [5.74, 6) is 0.940. The number of carbonyl (C=O) groups excluding carboxylic acids is 1. The summed E-state index contributed by atoms with van der Waals surface area (Å²) < 4.78 is 10.9. The maximum atomic E-state index is 11.5. The molecule has 0 fully saturated rings. The Morgan fingerprint density at radius 1 is 1.44 bits per heavy atom. The van der Waals surface area contributed by atoms with Crippen LogP contribution in [0.1, 0.15) is 0 Å². The van der Waals surface area contributed by atoms with Crippen molar-refractivity contribution < 1.29 is 19.4 Å². The Hall–Kier alpha value is -1.75. The highest BCUT2D eigenvalue weighted by molar-refractivity contribution is 5.81. The molecule has 1 amide bonds. The van der Waals surface area contributed by atoms with E-state index >= 15 is 0 Å². The van der Waals surface area contributed by atoms with Gasteiger partial charge in [0, 0.05) is 6.54 Å². The van der Waals surface area contributed by atoms with Crippen LogP contribution in [0.3, 0.4) is 0 Å². The monoisotopic (exact) mass is 223 g/mol. The number of fused-ring (bicyclic) bond motifs is 1. The topological polar surface area (TPSA) is 67.8 Å². The highest BCUT2D eigenvalue weighted by Crippen LogP contribution is 2.30. The fourth-order valence-corrected chi connectivity index (χ4v) is 1.44. The number of hydrogen-bond acceptors (Lipinski definition) is 4. The molecule has 2 N–H and O–H groups in total. The summed E-state index contributed by atoms with van der Waals surface area (Å²) in [6, 6.07) is 7.20. The minimum atomic E-state index is -0.651. The Kier molecular flexibility index (Phi) is 3.26. The third-order valence-electron chi connectivity index (χ3n) is 2.21. The number of benzene rings is 1. The Morgan fingerprint density at radius 2 is 2.19 bits per heavy atom. The van der Waals surface area contributed by atoms with Crippen molar-refractivity contribution in [2.75, 3.05) is 19.8 Å². The zero-order valence-electron chi connectivity index (χ0n) is 8.68. The molecule has 0 spiro atoms. The van der Waals surface area contributed by atoms with Gasteiger partial charge in [-0.15, -0.1) is 0 Å².